The maximum absolute atomic E-state index is 13.8. The summed E-state index contributed by atoms with van der Waals surface area (Å²) in [5.74, 6) is -1.99. The van der Waals surface area contributed by atoms with Crippen LogP contribution in [0.25, 0.3) is 0 Å². The van der Waals surface area contributed by atoms with Gasteiger partial charge < -0.3 is 10.6 Å². The summed E-state index contributed by atoms with van der Waals surface area (Å²) in [5, 5.41) is 0. The monoisotopic (exact) mass is 254 g/mol. The van der Waals surface area contributed by atoms with E-state index >= 15 is 0 Å². The van der Waals surface area contributed by atoms with Crippen LogP contribution >= 0.6 is 0 Å². The van der Waals surface area contributed by atoms with Crippen LogP contribution in [0.1, 0.15) is 36.5 Å². The number of nitrogen functional groups attached to an aromatic ring is 1. The van der Waals surface area contributed by atoms with Crippen LogP contribution in [-0.4, -0.2) is 23.4 Å². The molecule has 0 aromatic heterocycles. The van der Waals surface area contributed by atoms with Crippen molar-refractivity contribution in [2.24, 2.45) is 0 Å². The van der Waals surface area contributed by atoms with Crippen molar-refractivity contribution < 1.29 is 13.6 Å². The van der Waals surface area contributed by atoms with E-state index in [2.05, 4.69) is 0 Å². The molecule has 2 N–H and O–H groups in total. The Hall–Kier alpha value is -1.65. The van der Waals surface area contributed by atoms with Crippen molar-refractivity contribution in [2.75, 3.05) is 12.3 Å². The molecule has 5 heteroatoms. The van der Waals surface area contributed by atoms with Gasteiger partial charge in [0.05, 0.1) is 11.3 Å². The van der Waals surface area contributed by atoms with Crippen LogP contribution in [0.15, 0.2) is 12.1 Å². The van der Waals surface area contributed by atoms with E-state index in [1.807, 2.05) is 6.92 Å². The van der Waals surface area contributed by atoms with Crippen LogP contribution in [0.3, 0.4) is 0 Å². The third-order valence-corrected chi connectivity index (χ3v) is 3.41. The molecule has 1 fully saturated rings. The topological polar surface area (TPSA) is 46.3 Å². The van der Waals surface area contributed by atoms with Gasteiger partial charge in [0.2, 0.25) is 0 Å². The fraction of sp³-hybridized carbons (Fsp3) is 0.462. The lowest BCUT2D eigenvalue weighted by Crippen LogP contribution is -2.35. The number of nitrogens with zero attached hydrogens (tertiary/aromatic N) is 1. The molecule has 0 spiro atoms. The molecule has 1 saturated heterocycles. The summed E-state index contributed by atoms with van der Waals surface area (Å²) in [4.78, 5) is 13.8. The molecule has 1 unspecified atom stereocenters. The van der Waals surface area contributed by atoms with Crippen LogP contribution in [0.5, 0.6) is 0 Å². The van der Waals surface area contributed by atoms with Crippen molar-refractivity contribution in [1.82, 2.24) is 4.90 Å². The highest BCUT2D eigenvalue weighted by Crippen LogP contribution is 2.25. The maximum Gasteiger partial charge on any atom is 0.257 e. The van der Waals surface area contributed by atoms with Gasteiger partial charge in [-0.05, 0) is 31.4 Å². The first kappa shape index (κ1) is 12.8. The Bertz CT molecular complexity index is 476. The fourth-order valence-corrected chi connectivity index (χ4v) is 2.45. The van der Waals surface area contributed by atoms with Gasteiger partial charge in [-0.1, -0.05) is 6.92 Å². The zero-order chi connectivity index (χ0) is 13.3. The molecule has 1 heterocycles. The Labute approximate surface area is 105 Å². The molecule has 1 aromatic rings. The van der Waals surface area contributed by atoms with E-state index in [0.717, 1.165) is 31.4 Å². The highest BCUT2D eigenvalue weighted by atomic mass is 19.1. The molecule has 1 amide bonds. The summed E-state index contributed by atoms with van der Waals surface area (Å²) in [6.45, 7) is 2.57. The Morgan fingerprint density at radius 2 is 2.22 bits per heavy atom. The Morgan fingerprint density at radius 1 is 1.50 bits per heavy atom. The van der Waals surface area contributed by atoms with E-state index in [1.54, 1.807) is 4.90 Å². The minimum absolute atomic E-state index is 0.112. The molecule has 1 aliphatic heterocycles. The third kappa shape index (κ3) is 2.17. The van der Waals surface area contributed by atoms with Gasteiger partial charge in [0.25, 0.3) is 5.91 Å². The van der Waals surface area contributed by atoms with Gasteiger partial charge in [-0.25, -0.2) is 8.78 Å². The first-order valence-corrected chi connectivity index (χ1v) is 6.10. The average Bonchev–Trinajstić information content (AvgIpc) is 2.81. The molecule has 0 aliphatic carbocycles. The van der Waals surface area contributed by atoms with Crippen molar-refractivity contribution in [3.63, 3.8) is 0 Å². The van der Waals surface area contributed by atoms with Gasteiger partial charge in [-0.15, -0.1) is 0 Å². The van der Waals surface area contributed by atoms with Gasteiger partial charge in [0.15, 0.2) is 5.82 Å². The first-order valence-electron chi connectivity index (χ1n) is 6.10. The average molecular weight is 254 g/mol. The smallest absolute Gasteiger partial charge is 0.257 e. The predicted octanol–water partition coefficient (Wildman–Crippen LogP) is 2.56. The Balaban J connectivity index is 2.34. The van der Waals surface area contributed by atoms with E-state index < -0.39 is 17.5 Å². The molecule has 1 atom stereocenters. The van der Waals surface area contributed by atoms with Gasteiger partial charge in [-0.2, -0.15) is 0 Å². The summed E-state index contributed by atoms with van der Waals surface area (Å²) in [6, 6.07) is 1.91. The minimum Gasteiger partial charge on any atom is -0.396 e. The van der Waals surface area contributed by atoms with Crippen LogP contribution in [0.4, 0.5) is 14.5 Å². The summed E-state index contributed by atoms with van der Waals surface area (Å²) >= 11 is 0. The molecule has 3 nitrogen and oxygen atoms in total. The van der Waals surface area contributed by atoms with Crippen LogP contribution in [-0.2, 0) is 0 Å². The second-order valence-corrected chi connectivity index (χ2v) is 4.56. The molecule has 0 saturated carbocycles. The molecular formula is C13H16F2N2O. The van der Waals surface area contributed by atoms with Gasteiger partial charge in [0, 0.05) is 12.6 Å². The van der Waals surface area contributed by atoms with Crippen LogP contribution in [0.2, 0.25) is 0 Å². The minimum atomic E-state index is -0.830. The second kappa shape index (κ2) is 4.92. The number of hydrogen-bond donors (Lipinski definition) is 1. The van der Waals surface area contributed by atoms with E-state index in [4.69, 9.17) is 5.73 Å². The molecule has 0 bridgehead atoms. The highest BCUT2D eigenvalue weighted by molar-refractivity contribution is 5.95. The van der Waals surface area contributed by atoms with Crippen molar-refractivity contribution in [3.05, 3.63) is 29.3 Å². The molecule has 1 aromatic carbocycles. The van der Waals surface area contributed by atoms with Crippen molar-refractivity contribution in [3.8, 4) is 0 Å². The van der Waals surface area contributed by atoms with Crippen molar-refractivity contribution in [2.45, 2.75) is 32.2 Å². The molecule has 18 heavy (non-hydrogen) atoms. The van der Waals surface area contributed by atoms with Gasteiger partial charge in [-0.3, -0.25) is 4.79 Å². The fourth-order valence-electron chi connectivity index (χ4n) is 2.45. The number of anilines is 1. The Morgan fingerprint density at radius 3 is 2.89 bits per heavy atom. The first-order chi connectivity index (χ1) is 8.54. The van der Waals surface area contributed by atoms with Crippen molar-refractivity contribution >= 4 is 11.6 Å². The number of halogens is 2. The zero-order valence-electron chi connectivity index (χ0n) is 10.2. The number of amides is 1. The second-order valence-electron chi connectivity index (χ2n) is 4.56. The van der Waals surface area contributed by atoms with Crippen LogP contribution in [0, 0.1) is 11.6 Å². The maximum atomic E-state index is 13.8. The van der Waals surface area contributed by atoms with Crippen LogP contribution < -0.4 is 5.73 Å². The normalized spacial score (nSPS) is 19.3. The summed E-state index contributed by atoms with van der Waals surface area (Å²) in [5.41, 5.74) is 4.74. The number of carbonyl (C=O) groups is 1. The van der Waals surface area contributed by atoms with Gasteiger partial charge in [0.1, 0.15) is 5.82 Å². The summed E-state index contributed by atoms with van der Waals surface area (Å²) in [7, 11) is 0. The number of hydrogen-bond acceptors (Lipinski definition) is 2. The summed E-state index contributed by atoms with van der Waals surface area (Å²) < 4.78 is 27.0. The lowest BCUT2D eigenvalue weighted by atomic mass is 10.1. The number of likely N-dealkylation sites (tertiary alicyclic amines) is 1. The summed E-state index contributed by atoms with van der Waals surface area (Å²) in [6.07, 6.45) is 2.63. The number of nitrogens with two attached hydrogens (primary N) is 1. The number of carbonyl (C=O) groups excluding carboxylic acids is 1. The lowest BCUT2D eigenvalue weighted by molar-refractivity contribution is 0.0728. The standard InChI is InChI=1S/C13H16F2N2O/c1-2-9-4-3-5-17(9)13(18)10-6-8(14)7-11(16)12(10)15/h6-7,9H,2-5,16H2,1H3. The molecule has 2 rings (SSSR count). The Kier molecular flexibility index (Phi) is 3.50. The third-order valence-electron chi connectivity index (χ3n) is 3.41. The zero-order valence-corrected chi connectivity index (χ0v) is 10.2. The largest absolute Gasteiger partial charge is 0.396 e. The van der Waals surface area contributed by atoms with E-state index in [1.165, 1.54) is 0 Å². The quantitative estimate of drug-likeness (QED) is 0.824. The lowest BCUT2D eigenvalue weighted by Gasteiger charge is -2.24. The molecule has 1 aliphatic rings. The van der Waals surface area contributed by atoms with E-state index in [0.29, 0.717) is 6.54 Å². The SMILES string of the molecule is CCC1CCCN1C(=O)c1cc(F)cc(N)c1F. The van der Waals surface area contributed by atoms with Crippen molar-refractivity contribution in [1.29, 1.82) is 0 Å². The predicted molar refractivity (Wildman–Crippen MR) is 65.1 cm³/mol. The number of benzene rings is 1. The molecule has 98 valence electrons. The molecular weight excluding hydrogens is 238 g/mol. The van der Waals surface area contributed by atoms with E-state index in [9.17, 15) is 13.6 Å². The van der Waals surface area contributed by atoms with E-state index in [-0.39, 0.29) is 17.3 Å². The highest BCUT2D eigenvalue weighted by Gasteiger charge is 2.30. The number of rotatable bonds is 2. The van der Waals surface area contributed by atoms with Gasteiger partial charge >= 0.3 is 0 Å². The molecule has 0 radical (unpaired) electrons.